The SMILES string of the molecule is COc1ccc(C2=C(N3CCCC(CO)C3)C(=O)N(CCc3ccc(F)cc3)C2=O)cc1. The van der Waals surface area contributed by atoms with Gasteiger partial charge in [-0.15, -0.1) is 0 Å². The number of benzene rings is 2. The first-order valence-electron chi connectivity index (χ1n) is 10.9. The Bertz CT molecular complexity index is 1020. The van der Waals surface area contributed by atoms with E-state index in [0.29, 0.717) is 42.1 Å². The molecule has 2 amide bonds. The maximum Gasteiger partial charge on any atom is 0.277 e. The Morgan fingerprint density at radius 2 is 1.78 bits per heavy atom. The minimum absolute atomic E-state index is 0.0536. The molecular weight excluding hydrogens is 411 g/mol. The number of hydrogen-bond donors (Lipinski definition) is 1. The van der Waals surface area contributed by atoms with Crippen LogP contribution in [0.1, 0.15) is 24.0 Å². The summed E-state index contributed by atoms with van der Waals surface area (Å²) in [5.74, 6) is -0.232. The van der Waals surface area contributed by atoms with Gasteiger partial charge in [-0.1, -0.05) is 24.3 Å². The molecule has 1 N–H and O–H groups in total. The van der Waals surface area contributed by atoms with Crippen molar-refractivity contribution in [3.8, 4) is 5.75 Å². The maximum atomic E-state index is 13.5. The third kappa shape index (κ3) is 4.39. The van der Waals surface area contributed by atoms with Crippen LogP contribution in [0.3, 0.4) is 0 Å². The number of halogens is 1. The van der Waals surface area contributed by atoms with Gasteiger partial charge in [0.2, 0.25) is 0 Å². The molecule has 2 aliphatic rings. The third-order valence-corrected chi connectivity index (χ3v) is 6.15. The largest absolute Gasteiger partial charge is 0.497 e. The van der Waals surface area contributed by atoms with Crippen molar-refractivity contribution in [2.45, 2.75) is 19.3 Å². The summed E-state index contributed by atoms with van der Waals surface area (Å²) in [6, 6.07) is 13.2. The highest BCUT2D eigenvalue weighted by Gasteiger charge is 2.42. The summed E-state index contributed by atoms with van der Waals surface area (Å²) in [5.41, 5.74) is 2.30. The van der Waals surface area contributed by atoms with Crippen LogP contribution in [0.2, 0.25) is 0 Å². The molecule has 2 aromatic carbocycles. The van der Waals surface area contributed by atoms with Crippen molar-refractivity contribution in [2.75, 3.05) is 33.4 Å². The Balaban J connectivity index is 1.65. The van der Waals surface area contributed by atoms with E-state index >= 15 is 0 Å². The Morgan fingerprint density at radius 3 is 2.44 bits per heavy atom. The molecule has 0 aromatic heterocycles. The number of piperidine rings is 1. The van der Waals surface area contributed by atoms with Crippen LogP contribution in [0, 0.1) is 11.7 Å². The number of aliphatic hydroxyl groups excluding tert-OH is 1. The Kier molecular flexibility index (Phi) is 6.55. The first-order valence-corrected chi connectivity index (χ1v) is 10.9. The van der Waals surface area contributed by atoms with Crippen LogP contribution in [0.15, 0.2) is 54.2 Å². The van der Waals surface area contributed by atoms with Crippen LogP contribution < -0.4 is 4.74 Å². The van der Waals surface area contributed by atoms with Crippen molar-refractivity contribution in [3.63, 3.8) is 0 Å². The molecule has 0 saturated carbocycles. The summed E-state index contributed by atoms with van der Waals surface area (Å²) in [5, 5.41) is 9.65. The van der Waals surface area contributed by atoms with Crippen LogP contribution in [-0.4, -0.2) is 60.1 Å². The van der Waals surface area contributed by atoms with E-state index in [4.69, 9.17) is 4.74 Å². The van der Waals surface area contributed by atoms with Crippen LogP contribution >= 0.6 is 0 Å². The predicted octanol–water partition coefficient (Wildman–Crippen LogP) is 2.86. The quantitative estimate of drug-likeness (QED) is 0.674. The molecule has 1 unspecified atom stereocenters. The second-order valence-electron chi connectivity index (χ2n) is 8.23. The van der Waals surface area contributed by atoms with Crippen LogP contribution in [0.25, 0.3) is 5.57 Å². The second-order valence-corrected chi connectivity index (χ2v) is 8.23. The highest BCUT2D eigenvalue weighted by Crippen LogP contribution is 2.34. The van der Waals surface area contributed by atoms with Crippen LogP contribution in [0.5, 0.6) is 5.75 Å². The number of imide groups is 1. The molecule has 32 heavy (non-hydrogen) atoms. The smallest absolute Gasteiger partial charge is 0.277 e. The lowest BCUT2D eigenvalue weighted by atomic mass is 9.97. The highest BCUT2D eigenvalue weighted by atomic mass is 19.1. The van der Waals surface area contributed by atoms with E-state index in [9.17, 15) is 19.1 Å². The summed E-state index contributed by atoms with van der Waals surface area (Å²) in [4.78, 5) is 30.1. The Labute approximate surface area is 186 Å². The number of carbonyl (C=O) groups excluding carboxylic acids is 2. The maximum absolute atomic E-state index is 13.5. The Morgan fingerprint density at radius 1 is 1.06 bits per heavy atom. The molecule has 2 aromatic rings. The fourth-order valence-corrected chi connectivity index (χ4v) is 4.39. The lowest BCUT2D eigenvalue weighted by Gasteiger charge is -2.34. The molecule has 0 bridgehead atoms. The molecule has 4 rings (SSSR count). The van der Waals surface area contributed by atoms with Gasteiger partial charge < -0.3 is 14.7 Å². The van der Waals surface area contributed by atoms with E-state index in [2.05, 4.69) is 0 Å². The van der Waals surface area contributed by atoms with Gasteiger partial charge in [-0.3, -0.25) is 14.5 Å². The fraction of sp³-hybridized carbons (Fsp3) is 0.360. The molecule has 7 heteroatoms. The van der Waals surface area contributed by atoms with Gasteiger partial charge in [0.15, 0.2) is 0 Å². The molecule has 1 atom stereocenters. The van der Waals surface area contributed by atoms with E-state index in [1.54, 1.807) is 43.5 Å². The van der Waals surface area contributed by atoms with Crippen molar-refractivity contribution < 1.29 is 23.8 Å². The monoisotopic (exact) mass is 438 g/mol. The first-order chi connectivity index (χ1) is 15.5. The molecular formula is C25H27FN2O4. The zero-order valence-corrected chi connectivity index (χ0v) is 18.1. The van der Waals surface area contributed by atoms with E-state index in [1.165, 1.54) is 17.0 Å². The number of rotatable bonds is 7. The van der Waals surface area contributed by atoms with Gasteiger partial charge in [0, 0.05) is 26.2 Å². The minimum Gasteiger partial charge on any atom is -0.497 e. The number of amides is 2. The van der Waals surface area contributed by atoms with Gasteiger partial charge in [0.05, 0.1) is 12.7 Å². The van der Waals surface area contributed by atoms with Gasteiger partial charge in [-0.05, 0) is 60.6 Å². The van der Waals surface area contributed by atoms with Crippen LogP contribution in [0.4, 0.5) is 4.39 Å². The van der Waals surface area contributed by atoms with E-state index in [0.717, 1.165) is 18.4 Å². The summed E-state index contributed by atoms with van der Waals surface area (Å²) in [6.45, 7) is 1.47. The zero-order chi connectivity index (χ0) is 22.7. The standard InChI is InChI=1S/C25H27FN2O4/c1-32-21-10-6-19(7-11-21)22-23(27-13-2-3-18(15-27)16-29)25(31)28(24(22)30)14-12-17-4-8-20(26)9-5-17/h4-11,18,29H,2-3,12-16H2,1H3. The normalized spacial score (nSPS) is 19.2. The summed E-state index contributed by atoms with van der Waals surface area (Å²) >= 11 is 0. The number of hydrogen-bond acceptors (Lipinski definition) is 5. The predicted molar refractivity (Wildman–Crippen MR) is 118 cm³/mol. The summed E-state index contributed by atoms with van der Waals surface area (Å²) in [7, 11) is 1.57. The zero-order valence-electron chi connectivity index (χ0n) is 18.1. The van der Waals surface area contributed by atoms with Gasteiger partial charge in [-0.2, -0.15) is 0 Å². The van der Waals surface area contributed by atoms with Crippen molar-refractivity contribution in [2.24, 2.45) is 5.92 Å². The third-order valence-electron chi connectivity index (χ3n) is 6.15. The van der Waals surface area contributed by atoms with Gasteiger partial charge in [0.1, 0.15) is 17.3 Å². The lowest BCUT2D eigenvalue weighted by molar-refractivity contribution is -0.137. The molecule has 0 aliphatic carbocycles. The highest BCUT2D eigenvalue weighted by molar-refractivity contribution is 6.35. The van der Waals surface area contributed by atoms with Gasteiger partial charge in [-0.25, -0.2) is 4.39 Å². The number of carbonyl (C=O) groups is 2. The average Bonchev–Trinajstić information content (AvgIpc) is 3.08. The Hall–Kier alpha value is -3.19. The van der Waals surface area contributed by atoms with Crippen molar-refractivity contribution >= 4 is 17.4 Å². The average molecular weight is 438 g/mol. The first kappa shape index (κ1) is 22.0. The lowest BCUT2D eigenvalue weighted by Crippen LogP contribution is -2.41. The fourth-order valence-electron chi connectivity index (χ4n) is 4.39. The number of ether oxygens (including phenoxy) is 1. The van der Waals surface area contributed by atoms with Gasteiger partial charge in [0.25, 0.3) is 11.8 Å². The number of aliphatic hydroxyl groups is 1. The summed E-state index contributed by atoms with van der Waals surface area (Å²) in [6.07, 6.45) is 2.19. The molecule has 1 saturated heterocycles. The van der Waals surface area contributed by atoms with Gasteiger partial charge >= 0.3 is 0 Å². The number of methoxy groups -OCH3 is 1. The van der Waals surface area contributed by atoms with Crippen molar-refractivity contribution in [3.05, 3.63) is 71.2 Å². The molecule has 1 fully saturated rings. The molecule has 0 radical (unpaired) electrons. The number of nitrogens with zero attached hydrogens (tertiary/aromatic N) is 2. The number of likely N-dealkylation sites (tertiary alicyclic amines) is 1. The molecule has 2 aliphatic heterocycles. The molecule has 0 spiro atoms. The topological polar surface area (TPSA) is 70.1 Å². The molecule has 6 nitrogen and oxygen atoms in total. The summed E-state index contributed by atoms with van der Waals surface area (Å²) < 4.78 is 18.4. The van der Waals surface area contributed by atoms with Crippen molar-refractivity contribution in [1.82, 2.24) is 9.80 Å². The minimum atomic E-state index is -0.330. The molecule has 168 valence electrons. The van der Waals surface area contributed by atoms with E-state index in [1.807, 2.05) is 4.90 Å². The van der Waals surface area contributed by atoms with Crippen molar-refractivity contribution in [1.29, 1.82) is 0 Å². The molecule has 2 heterocycles. The van der Waals surface area contributed by atoms with Crippen LogP contribution in [-0.2, 0) is 16.0 Å². The van der Waals surface area contributed by atoms with E-state index in [-0.39, 0.29) is 36.7 Å². The van der Waals surface area contributed by atoms with E-state index < -0.39 is 0 Å². The second kappa shape index (κ2) is 9.53.